The lowest BCUT2D eigenvalue weighted by atomic mass is 9.81. The minimum Gasteiger partial charge on any atom is -0.368 e. The number of rotatable bonds is 13. The van der Waals surface area contributed by atoms with Crippen LogP contribution in [-0.4, -0.2) is 143 Å². The second-order valence-corrected chi connectivity index (χ2v) is 26.5. The maximum atomic E-state index is 14.3. The van der Waals surface area contributed by atoms with Crippen molar-refractivity contribution in [3.63, 3.8) is 0 Å². The highest BCUT2D eigenvalue weighted by Crippen LogP contribution is 2.52. The first-order chi connectivity index (χ1) is 45.1. The number of carbonyl (C=O) groups excluding carboxylic acids is 8. The monoisotopic (exact) mass is 1310 g/mol. The summed E-state index contributed by atoms with van der Waals surface area (Å²) >= 11 is 3.78. The van der Waals surface area contributed by atoms with E-state index in [2.05, 4.69) is 36.8 Å². The Morgan fingerprint density at radius 2 is 0.559 bits per heavy atom. The number of hydrogen-bond donors (Lipinski definition) is 3. The molecule has 8 amide bonds. The Bertz CT molecular complexity index is 4800. The zero-order valence-corrected chi connectivity index (χ0v) is 55.7. The van der Waals surface area contributed by atoms with Crippen molar-refractivity contribution in [2.24, 2.45) is 0 Å². The van der Waals surface area contributed by atoms with Gasteiger partial charge in [0, 0.05) is 169 Å². The fourth-order valence-electron chi connectivity index (χ4n) is 16.4. The second kappa shape index (κ2) is 24.1. The van der Waals surface area contributed by atoms with Gasteiger partial charge in [0.15, 0.2) is 0 Å². The molecule has 6 heterocycles. The normalized spacial score (nSPS) is 16.8. The van der Waals surface area contributed by atoms with Crippen LogP contribution in [0.1, 0.15) is 190 Å². The van der Waals surface area contributed by atoms with Gasteiger partial charge in [0.1, 0.15) is 0 Å². The summed E-state index contributed by atoms with van der Waals surface area (Å²) in [6.45, 7) is 23.8. The fourth-order valence-corrected chi connectivity index (χ4v) is 17.1. The van der Waals surface area contributed by atoms with Crippen molar-refractivity contribution in [1.29, 1.82) is 0 Å². The molecule has 6 aliphatic heterocycles. The molecular formula is C76H77BrN8O8. The first-order valence-corrected chi connectivity index (χ1v) is 34.5. The number of piperazine rings is 2. The lowest BCUT2D eigenvalue weighted by molar-refractivity contribution is 0.0514. The summed E-state index contributed by atoms with van der Waals surface area (Å²) in [6, 6.07) is 26.1. The summed E-state index contributed by atoms with van der Waals surface area (Å²) in [6.07, 6.45) is 5.56. The number of halogens is 1. The van der Waals surface area contributed by atoms with E-state index in [0.29, 0.717) is 117 Å². The zero-order chi connectivity index (χ0) is 65.2. The molecule has 0 spiro atoms. The van der Waals surface area contributed by atoms with Crippen LogP contribution in [0.2, 0.25) is 0 Å². The number of fused-ring (bicyclic) bond motifs is 4. The molecule has 10 aromatic carbocycles. The summed E-state index contributed by atoms with van der Waals surface area (Å²) in [5.41, 5.74) is 5.26. The quantitative estimate of drug-likeness (QED) is 0.0564. The molecule has 3 N–H and O–H groups in total. The Balaban J connectivity index is 0.000000148. The smallest absolute Gasteiger partial charge is 0.261 e. The molecule has 10 aromatic rings. The van der Waals surface area contributed by atoms with E-state index < -0.39 is 0 Å². The predicted octanol–water partition coefficient (Wildman–Crippen LogP) is 14.0. The maximum absolute atomic E-state index is 14.3. The molecule has 17 heteroatoms. The zero-order valence-electron chi connectivity index (χ0n) is 54.1. The Kier molecular flexibility index (Phi) is 16.1. The summed E-state index contributed by atoms with van der Waals surface area (Å²) in [5, 5.41) is 23.4. The van der Waals surface area contributed by atoms with Crippen LogP contribution < -0.4 is 20.9 Å². The van der Waals surface area contributed by atoms with E-state index >= 15 is 0 Å². The van der Waals surface area contributed by atoms with E-state index in [4.69, 9.17) is 0 Å². The van der Waals surface area contributed by atoms with Crippen LogP contribution in [0.3, 0.4) is 0 Å². The van der Waals surface area contributed by atoms with Crippen LogP contribution in [0.5, 0.6) is 0 Å². The standard InChI is InChI=1S/C38H38N4O4.C34H29BrN2O4.C4H10N2/c1-5-20(6-2)41-35(43)25-12-9-22-23-10-13-27-32-28(38(46)42(37(27)45)21(7-3)8-4)19-29(40-17-15-39-16-18-40)33(34(23)32)24-11-14-26(36(41)44)31(25)30(22)24;1-5-16(6-2)36-31(38)21-12-9-18-19-10-13-23-28-24(34(41)37(33(23)40)17(7-3)8-4)15-25(35)29(30(19)28)20-11-14-22(32(36)39)27(21)26(18)20;1-2-6-4-3-5-1/h9-14,19-21,39H,5-8,15-18H2,1-4H3;9-17H,5-8H2,1-4H3;5-6H,1-4H2. The van der Waals surface area contributed by atoms with Crippen molar-refractivity contribution in [1.82, 2.24) is 35.6 Å². The number of benzene rings is 10. The van der Waals surface area contributed by atoms with Gasteiger partial charge in [0.25, 0.3) is 47.3 Å². The van der Waals surface area contributed by atoms with Gasteiger partial charge in [-0.1, -0.05) is 108 Å². The first kappa shape index (κ1) is 62.0. The van der Waals surface area contributed by atoms with E-state index in [-0.39, 0.29) is 71.4 Å². The highest BCUT2D eigenvalue weighted by molar-refractivity contribution is 9.10. The highest BCUT2D eigenvalue weighted by atomic mass is 79.9. The molecule has 0 saturated carbocycles. The molecule has 0 bridgehead atoms. The summed E-state index contributed by atoms with van der Waals surface area (Å²) in [5.74, 6) is -2.01. The Morgan fingerprint density at radius 1 is 0.301 bits per heavy atom. The molecule has 0 atom stereocenters. The topological polar surface area (TPSA) is 189 Å². The fraction of sp³-hybridized carbons (Fsp3) is 0.368. The number of imide groups is 4. The minimum absolute atomic E-state index is 0.161. The molecule has 476 valence electrons. The molecule has 0 unspecified atom stereocenters. The minimum atomic E-state index is -0.269. The molecule has 2 fully saturated rings. The number of amides is 8. The van der Waals surface area contributed by atoms with E-state index in [1.807, 2.05) is 140 Å². The van der Waals surface area contributed by atoms with Crippen molar-refractivity contribution < 1.29 is 38.4 Å². The third kappa shape index (κ3) is 9.06. The van der Waals surface area contributed by atoms with Crippen molar-refractivity contribution in [3.8, 4) is 0 Å². The van der Waals surface area contributed by atoms with Crippen LogP contribution in [0, 0.1) is 0 Å². The Labute approximate surface area is 548 Å². The summed E-state index contributed by atoms with van der Waals surface area (Å²) in [7, 11) is 0. The number of carbonyl (C=O) groups is 8. The van der Waals surface area contributed by atoms with E-state index in [0.717, 1.165) is 127 Å². The van der Waals surface area contributed by atoms with Gasteiger partial charge in [0.05, 0.1) is 5.56 Å². The van der Waals surface area contributed by atoms with Crippen LogP contribution >= 0.6 is 15.9 Å². The van der Waals surface area contributed by atoms with Crippen LogP contribution in [0.4, 0.5) is 5.69 Å². The van der Waals surface area contributed by atoms with Gasteiger partial charge in [-0.2, -0.15) is 0 Å². The average Bonchev–Trinajstić information content (AvgIpc) is 0.692. The van der Waals surface area contributed by atoms with Gasteiger partial charge in [-0.25, -0.2) is 0 Å². The first-order valence-electron chi connectivity index (χ1n) is 33.7. The number of nitrogens with one attached hydrogen (secondary N) is 3. The van der Waals surface area contributed by atoms with Crippen LogP contribution in [0.15, 0.2) is 89.4 Å². The second-order valence-electron chi connectivity index (χ2n) is 25.6. The molecule has 93 heavy (non-hydrogen) atoms. The number of anilines is 1. The lowest BCUT2D eigenvalue weighted by Gasteiger charge is -2.36. The predicted molar refractivity (Wildman–Crippen MR) is 373 cm³/mol. The average molecular weight is 1310 g/mol. The van der Waals surface area contributed by atoms with Gasteiger partial charge >= 0.3 is 0 Å². The van der Waals surface area contributed by atoms with Gasteiger partial charge in [-0.05, 0) is 143 Å². The lowest BCUT2D eigenvalue weighted by Crippen LogP contribution is -2.47. The van der Waals surface area contributed by atoms with Gasteiger partial charge in [-0.3, -0.25) is 58.0 Å². The molecular weight excluding hydrogens is 1230 g/mol. The molecule has 16 nitrogen and oxygen atoms in total. The highest BCUT2D eigenvalue weighted by Gasteiger charge is 2.43. The molecule has 0 radical (unpaired) electrons. The largest absolute Gasteiger partial charge is 0.368 e. The van der Waals surface area contributed by atoms with Crippen LogP contribution in [0.25, 0.3) is 86.2 Å². The molecule has 0 aliphatic carbocycles. The maximum Gasteiger partial charge on any atom is 0.261 e. The summed E-state index contributed by atoms with van der Waals surface area (Å²) < 4.78 is 0.740. The van der Waals surface area contributed by atoms with Crippen molar-refractivity contribution in [2.45, 2.75) is 131 Å². The van der Waals surface area contributed by atoms with Gasteiger partial charge in [0.2, 0.25) is 0 Å². The third-order valence-electron chi connectivity index (χ3n) is 21.2. The van der Waals surface area contributed by atoms with Crippen LogP contribution in [-0.2, 0) is 0 Å². The Morgan fingerprint density at radius 3 is 0.882 bits per heavy atom. The Hall–Kier alpha value is -8.48. The third-order valence-corrected chi connectivity index (χ3v) is 21.8. The van der Waals surface area contributed by atoms with E-state index in [9.17, 15) is 38.4 Å². The van der Waals surface area contributed by atoms with Crippen molar-refractivity contribution >= 4 is 155 Å². The summed E-state index contributed by atoms with van der Waals surface area (Å²) in [4.78, 5) is 120. The van der Waals surface area contributed by atoms with Crippen molar-refractivity contribution in [3.05, 3.63) is 134 Å². The molecule has 0 aromatic heterocycles. The molecule has 6 aliphatic rings. The van der Waals surface area contributed by atoms with Gasteiger partial charge in [-0.15, -0.1) is 0 Å². The molecule has 16 rings (SSSR count). The molecule has 2 saturated heterocycles. The van der Waals surface area contributed by atoms with Crippen molar-refractivity contribution in [2.75, 3.05) is 57.3 Å². The van der Waals surface area contributed by atoms with E-state index in [1.165, 1.54) is 19.6 Å². The number of nitrogens with zero attached hydrogens (tertiary/aromatic N) is 5. The van der Waals surface area contributed by atoms with E-state index in [1.54, 1.807) is 0 Å². The number of hydrogen-bond acceptors (Lipinski definition) is 12. The van der Waals surface area contributed by atoms with Gasteiger partial charge < -0.3 is 20.9 Å². The SMILES string of the molecule is C1CNCCN1.CCC(CC)N1C(=O)c2ccc3c4ccc5c6c(cc(Br)c(c7ccc(c2c37)C1=O)c64)C(=O)N(C(CC)CC)C5=O.CCC(CC)N1C(=O)c2ccc3c4ccc5c6c(cc(N7CCNCC7)c(c7ccc(c2c37)C1=O)c64)C(=O)N(C(CC)CC)C5=O.